The van der Waals surface area contributed by atoms with Crippen LogP contribution in [0.3, 0.4) is 0 Å². The van der Waals surface area contributed by atoms with Gasteiger partial charge in [-0.25, -0.2) is 4.79 Å². The summed E-state index contributed by atoms with van der Waals surface area (Å²) in [7, 11) is 0. The van der Waals surface area contributed by atoms with Crippen molar-refractivity contribution in [3.8, 4) is 0 Å². The summed E-state index contributed by atoms with van der Waals surface area (Å²) in [5, 5.41) is 9.65. The van der Waals surface area contributed by atoms with Crippen LogP contribution in [-0.4, -0.2) is 30.1 Å². The molecule has 1 fully saturated rings. The van der Waals surface area contributed by atoms with Crippen molar-refractivity contribution in [1.29, 1.82) is 0 Å². The first-order valence-electron chi connectivity index (χ1n) is 3.93. The second-order valence-electron chi connectivity index (χ2n) is 4.03. The number of ether oxygens (including phenoxy) is 2. The lowest BCUT2D eigenvalue weighted by atomic mass is 9.86. The first kappa shape index (κ1) is 9.32. The van der Waals surface area contributed by atoms with Crippen LogP contribution in [0, 0.1) is 5.41 Å². The Kier molecular flexibility index (Phi) is 2.28. The Hall–Kier alpha value is -0.770. The van der Waals surface area contributed by atoms with E-state index in [9.17, 15) is 9.90 Å². The van der Waals surface area contributed by atoms with Crippen LogP contribution < -0.4 is 0 Å². The fourth-order valence-corrected chi connectivity index (χ4v) is 1.06. The highest BCUT2D eigenvalue weighted by molar-refractivity contribution is 5.61. The molecular formula is C8H14O4. The van der Waals surface area contributed by atoms with Gasteiger partial charge in [-0.1, -0.05) is 20.8 Å². The number of rotatable bonds is 1. The van der Waals surface area contributed by atoms with Crippen molar-refractivity contribution < 1.29 is 19.4 Å². The molecule has 0 aromatic heterocycles. The molecule has 1 N–H and O–H groups in total. The zero-order valence-electron chi connectivity index (χ0n) is 7.53. The number of aliphatic hydroxyl groups is 1. The Morgan fingerprint density at radius 2 is 2.17 bits per heavy atom. The molecule has 4 heteroatoms. The van der Waals surface area contributed by atoms with E-state index in [1.54, 1.807) is 0 Å². The minimum atomic E-state index is -0.691. The maximum absolute atomic E-state index is 10.5. The lowest BCUT2D eigenvalue weighted by Crippen LogP contribution is -2.39. The smallest absolute Gasteiger partial charge is 0.430 e. The molecule has 2 unspecified atom stereocenters. The summed E-state index contributed by atoms with van der Waals surface area (Å²) in [5.41, 5.74) is -0.293. The molecule has 1 heterocycles. The summed E-state index contributed by atoms with van der Waals surface area (Å²) in [6.45, 7) is 5.79. The van der Waals surface area contributed by atoms with Crippen LogP contribution in [0.4, 0.5) is 4.79 Å². The summed E-state index contributed by atoms with van der Waals surface area (Å²) in [4.78, 5) is 10.5. The predicted molar refractivity (Wildman–Crippen MR) is 41.7 cm³/mol. The van der Waals surface area contributed by atoms with Gasteiger partial charge in [0.2, 0.25) is 0 Å². The fourth-order valence-electron chi connectivity index (χ4n) is 1.06. The molecule has 1 aliphatic heterocycles. The van der Waals surface area contributed by atoms with E-state index in [2.05, 4.69) is 4.74 Å². The zero-order valence-corrected chi connectivity index (χ0v) is 7.53. The van der Waals surface area contributed by atoms with Crippen LogP contribution >= 0.6 is 0 Å². The molecule has 12 heavy (non-hydrogen) atoms. The highest BCUT2D eigenvalue weighted by atomic mass is 16.8. The second kappa shape index (κ2) is 2.94. The maximum atomic E-state index is 10.5. The van der Waals surface area contributed by atoms with Crippen molar-refractivity contribution >= 4 is 6.16 Å². The van der Waals surface area contributed by atoms with Crippen molar-refractivity contribution in [2.24, 2.45) is 5.41 Å². The van der Waals surface area contributed by atoms with Gasteiger partial charge >= 0.3 is 6.16 Å². The van der Waals surface area contributed by atoms with E-state index in [0.717, 1.165) is 0 Å². The number of hydrogen-bond acceptors (Lipinski definition) is 4. The number of hydrogen-bond donors (Lipinski definition) is 1. The van der Waals surface area contributed by atoms with Crippen LogP contribution in [0.2, 0.25) is 0 Å². The average Bonchev–Trinajstić information content (AvgIpc) is 2.32. The lowest BCUT2D eigenvalue weighted by molar-refractivity contribution is -0.0308. The van der Waals surface area contributed by atoms with Crippen molar-refractivity contribution in [3.63, 3.8) is 0 Å². The first-order valence-corrected chi connectivity index (χ1v) is 3.93. The van der Waals surface area contributed by atoms with Crippen molar-refractivity contribution in [3.05, 3.63) is 0 Å². The van der Waals surface area contributed by atoms with Crippen LogP contribution in [0.25, 0.3) is 0 Å². The van der Waals surface area contributed by atoms with E-state index in [0.29, 0.717) is 0 Å². The molecule has 0 radical (unpaired) electrons. The molecule has 70 valence electrons. The van der Waals surface area contributed by atoms with Gasteiger partial charge in [0.15, 0.2) is 6.10 Å². The number of carbonyl (C=O) groups is 1. The van der Waals surface area contributed by atoms with E-state index < -0.39 is 18.4 Å². The van der Waals surface area contributed by atoms with Gasteiger partial charge in [0.05, 0.1) is 6.10 Å². The molecule has 1 aliphatic rings. The summed E-state index contributed by atoms with van der Waals surface area (Å²) in [6.07, 6.45) is -1.88. The standard InChI is InChI=1S/C8H14O4/c1-8(2,3)6(9)5-4-11-7(10)12-5/h5-6,9H,4H2,1-3H3. The molecule has 4 nitrogen and oxygen atoms in total. The minimum Gasteiger partial charge on any atom is -0.430 e. The molecule has 0 saturated carbocycles. The summed E-state index contributed by atoms with van der Waals surface area (Å²) in [5.74, 6) is 0. The van der Waals surface area contributed by atoms with Gasteiger partial charge in [-0.15, -0.1) is 0 Å². The van der Waals surface area contributed by atoms with E-state index >= 15 is 0 Å². The van der Waals surface area contributed by atoms with Gasteiger partial charge in [0.1, 0.15) is 6.61 Å². The molecule has 0 aliphatic carbocycles. The number of carbonyl (C=O) groups excluding carboxylic acids is 1. The zero-order chi connectivity index (χ0) is 9.35. The SMILES string of the molecule is CC(C)(C)C(O)C1COC(=O)O1. The molecule has 2 atom stereocenters. The third-order valence-corrected chi connectivity index (χ3v) is 1.85. The lowest BCUT2D eigenvalue weighted by Gasteiger charge is -2.28. The Labute approximate surface area is 71.5 Å². The number of aliphatic hydroxyl groups excluding tert-OH is 1. The highest BCUT2D eigenvalue weighted by Crippen LogP contribution is 2.25. The van der Waals surface area contributed by atoms with Crippen LogP contribution in [0.5, 0.6) is 0 Å². The van der Waals surface area contributed by atoms with Crippen LogP contribution in [0.1, 0.15) is 20.8 Å². The van der Waals surface area contributed by atoms with Crippen molar-refractivity contribution in [1.82, 2.24) is 0 Å². The molecule has 0 bridgehead atoms. The highest BCUT2D eigenvalue weighted by Gasteiger charge is 2.38. The summed E-state index contributed by atoms with van der Waals surface area (Å²) < 4.78 is 9.30. The van der Waals surface area contributed by atoms with Gasteiger partial charge in [-0.3, -0.25) is 0 Å². The van der Waals surface area contributed by atoms with E-state index in [1.807, 2.05) is 20.8 Å². The predicted octanol–water partition coefficient (Wildman–Crippen LogP) is 0.929. The summed E-state index contributed by atoms with van der Waals surface area (Å²) in [6, 6.07) is 0. The van der Waals surface area contributed by atoms with Gasteiger partial charge in [-0.2, -0.15) is 0 Å². The Bertz CT molecular complexity index is 182. The quantitative estimate of drug-likeness (QED) is 0.601. The van der Waals surface area contributed by atoms with E-state index in [1.165, 1.54) is 0 Å². The Morgan fingerprint density at radius 1 is 1.58 bits per heavy atom. The molecule has 0 amide bonds. The molecular weight excluding hydrogens is 160 g/mol. The first-order chi connectivity index (χ1) is 5.41. The molecule has 0 aromatic rings. The summed E-state index contributed by atoms with van der Waals surface area (Å²) >= 11 is 0. The monoisotopic (exact) mass is 174 g/mol. The topological polar surface area (TPSA) is 55.8 Å². The van der Waals surface area contributed by atoms with Crippen molar-refractivity contribution in [2.45, 2.75) is 33.0 Å². The second-order valence-corrected chi connectivity index (χ2v) is 4.03. The van der Waals surface area contributed by atoms with Gasteiger partial charge in [0, 0.05) is 0 Å². The molecule has 1 saturated heterocycles. The van der Waals surface area contributed by atoms with Crippen LogP contribution in [-0.2, 0) is 9.47 Å². The van der Waals surface area contributed by atoms with E-state index in [-0.39, 0.29) is 12.0 Å². The maximum Gasteiger partial charge on any atom is 0.508 e. The third-order valence-electron chi connectivity index (χ3n) is 1.85. The largest absolute Gasteiger partial charge is 0.508 e. The molecule has 1 rings (SSSR count). The Balaban J connectivity index is 2.54. The van der Waals surface area contributed by atoms with Gasteiger partial charge < -0.3 is 14.6 Å². The minimum absolute atomic E-state index is 0.150. The average molecular weight is 174 g/mol. The molecule has 0 spiro atoms. The van der Waals surface area contributed by atoms with Crippen molar-refractivity contribution in [2.75, 3.05) is 6.61 Å². The molecule has 0 aromatic carbocycles. The fraction of sp³-hybridized carbons (Fsp3) is 0.875. The third kappa shape index (κ3) is 1.88. The Morgan fingerprint density at radius 3 is 2.50 bits per heavy atom. The van der Waals surface area contributed by atoms with Gasteiger partial charge in [0.25, 0.3) is 0 Å². The normalized spacial score (nSPS) is 26.3. The van der Waals surface area contributed by atoms with Crippen LogP contribution in [0.15, 0.2) is 0 Å². The number of cyclic esters (lactones) is 2. The van der Waals surface area contributed by atoms with E-state index in [4.69, 9.17) is 4.74 Å². The van der Waals surface area contributed by atoms with Gasteiger partial charge in [-0.05, 0) is 5.41 Å².